The minimum absolute atomic E-state index is 0.107. The number of aryl methyl sites for hydroxylation is 1. The molecule has 1 atom stereocenters. The number of rotatable bonds is 1. The summed E-state index contributed by atoms with van der Waals surface area (Å²) in [7, 11) is 0. The maximum Gasteiger partial charge on any atom is 0.274 e. The second-order valence-electron chi connectivity index (χ2n) is 4.84. The van der Waals surface area contributed by atoms with Crippen molar-refractivity contribution in [2.24, 2.45) is 0 Å². The van der Waals surface area contributed by atoms with Gasteiger partial charge in [-0.05, 0) is 26.3 Å². The van der Waals surface area contributed by atoms with Gasteiger partial charge < -0.3 is 5.32 Å². The third-order valence-corrected chi connectivity index (χ3v) is 3.37. The standard InChI is InChI=1S/C12H17N5O/c1-8-7-10(18)17-12(14-8)15-11(16-17)9-5-3-2-4-6-13-9/h7,9,13H,2-6H2,1H3,(H,14,15,16). The van der Waals surface area contributed by atoms with E-state index in [0.29, 0.717) is 11.5 Å². The lowest BCUT2D eigenvalue weighted by Crippen LogP contribution is -2.22. The molecule has 1 unspecified atom stereocenters. The first-order chi connectivity index (χ1) is 8.74. The van der Waals surface area contributed by atoms with Crippen LogP contribution in [0.5, 0.6) is 0 Å². The molecule has 6 heteroatoms. The highest BCUT2D eigenvalue weighted by atomic mass is 16.1. The van der Waals surface area contributed by atoms with Gasteiger partial charge in [-0.15, -0.1) is 0 Å². The van der Waals surface area contributed by atoms with Crippen LogP contribution in [-0.2, 0) is 0 Å². The molecule has 6 nitrogen and oxygen atoms in total. The molecule has 1 fully saturated rings. The molecule has 1 aliphatic heterocycles. The summed E-state index contributed by atoms with van der Waals surface area (Å²) in [6, 6.07) is 1.71. The molecule has 3 rings (SSSR count). The van der Waals surface area contributed by atoms with Gasteiger partial charge in [0.05, 0.1) is 6.04 Å². The molecule has 0 radical (unpaired) electrons. The molecular formula is C12H17N5O. The van der Waals surface area contributed by atoms with E-state index in [-0.39, 0.29) is 11.6 Å². The van der Waals surface area contributed by atoms with Crippen LogP contribution in [0.25, 0.3) is 5.78 Å². The fourth-order valence-electron chi connectivity index (χ4n) is 2.43. The van der Waals surface area contributed by atoms with Crippen molar-refractivity contribution >= 4 is 5.78 Å². The molecule has 0 bridgehead atoms. The molecule has 2 aromatic rings. The molecule has 0 saturated carbocycles. The first-order valence-electron chi connectivity index (χ1n) is 6.44. The summed E-state index contributed by atoms with van der Waals surface area (Å²) in [5.41, 5.74) is 0.594. The van der Waals surface area contributed by atoms with Crippen molar-refractivity contribution in [2.75, 3.05) is 6.54 Å². The topological polar surface area (TPSA) is 75.1 Å². The van der Waals surface area contributed by atoms with E-state index in [0.717, 1.165) is 18.8 Å². The van der Waals surface area contributed by atoms with Crippen molar-refractivity contribution in [1.29, 1.82) is 0 Å². The molecule has 0 aliphatic carbocycles. The molecule has 96 valence electrons. The maximum absolute atomic E-state index is 11.8. The first kappa shape index (κ1) is 11.4. The van der Waals surface area contributed by atoms with Gasteiger partial charge in [0, 0.05) is 11.8 Å². The van der Waals surface area contributed by atoms with Crippen LogP contribution in [-0.4, -0.2) is 26.1 Å². The Morgan fingerprint density at radius 3 is 3.11 bits per heavy atom. The SMILES string of the molecule is Cc1cc(=O)n2[nH]c(C3CCCCCN3)nc2n1. The fourth-order valence-corrected chi connectivity index (χ4v) is 2.43. The van der Waals surface area contributed by atoms with Gasteiger partial charge in [0.15, 0.2) is 0 Å². The summed E-state index contributed by atoms with van der Waals surface area (Å²) in [4.78, 5) is 20.5. The van der Waals surface area contributed by atoms with Crippen LogP contribution in [0, 0.1) is 6.92 Å². The Balaban J connectivity index is 2.02. The normalized spacial score (nSPS) is 21.1. The number of hydrogen-bond acceptors (Lipinski definition) is 4. The van der Waals surface area contributed by atoms with Gasteiger partial charge in [0.25, 0.3) is 11.3 Å². The van der Waals surface area contributed by atoms with Crippen LogP contribution >= 0.6 is 0 Å². The van der Waals surface area contributed by atoms with E-state index >= 15 is 0 Å². The minimum atomic E-state index is -0.107. The Morgan fingerprint density at radius 2 is 2.22 bits per heavy atom. The molecule has 1 aliphatic rings. The van der Waals surface area contributed by atoms with E-state index in [4.69, 9.17) is 0 Å². The van der Waals surface area contributed by atoms with Gasteiger partial charge in [-0.25, -0.2) is 4.98 Å². The monoisotopic (exact) mass is 247 g/mol. The van der Waals surface area contributed by atoms with Crippen molar-refractivity contribution in [1.82, 2.24) is 24.9 Å². The van der Waals surface area contributed by atoms with E-state index in [1.54, 1.807) is 6.92 Å². The van der Waals surface area contributed by atoms with E-state index in [9.17, 15) is 4.79 Å². The predicted octanol–water partition coefficient (Wildman–Crippen LogP) is 0.931. The number of nitrogens with zero attached hydrogens (tertiary/aromatic N) is 3. The van der Waals surface area contributed by atoms with Crippen LogP contribution in [0.15, 0.2) is 10.9 Å². The average molecular weight is 247 g/mol. The molecule has 2 N–H and O–H groups in total. The van der Waals surface area contributed by atoms with Crippen LogP contribution in [0.1, 0.15) is 43.2 Å². The summed E-state index contributed by atoms with van der Waals surface area (Å²) >= 11 is 0. The van der Waals surface area contributed by atoms with Crippen LogP contribution in [0.2, 0.25) is 0 Å². The van der Waals surface area contributed by atoms with E-state index < -0.39 is 0 Å². The van der Waals surface area contributed by atoms with Crippen molar-refractivity contribution in [3.63, 3.8) is 0 Å². The Labute approximate surface area is 104 Å². The summed E-state index contributed by atoms with van der Waals surface area (Å²) in [5.74, 6) is 1.27. The van der Waals surface area contributed by atoms with Gasteiger partial charge in [-0.1, -0.05) is 12.8 Å². The first-order valence-corrected chi connectivity index (χ1v) is 6.44. The van der Waals surface area contributed by atoms with Crippen molar-refractivity contribution in [3.05, 3.63) is 27.9 Å². The fraction of sp³-hybridized carbons (Fsp3) is 0.583. The Kier molecular flexibility index (Phi) is 2.87. The Morgan fingerprint density at radius 1 is 1.33 bits per heavy atom. The summed E-state index contributed by atoms with van der Waals surface area (Å²) < 4.78 is 1.41. The summed E-state index contributed by atoms with van der Waals surface area (Å²) in [6.45, 7) is 2.81. The largest absolute Gasteiger partial charge is 0.307 e. The van der Waals surface area contributed by atoms with Crippen molar-refractivity contribution in [3.8, 4) is 0 Å². The zero-order valence-corrected chi connectivity index (χ0v) is 10.4. The van der Waals surface area contributed by atoms with Crippen LogP contribution in [0.3, 0.4) is 0 Å². The average Bonchev–Trinajstić information content (AvgIpc) is 2.59. The Bertz CT molecular complexity index is 606. The minimum Gasteiger partial charge on any atom is -0.307 e. The third-order valence-electron chi connectivity index (χ3n) is 3.37. The number of aromatic amines is 1. The van der Waals surface area contributed by atoms with Gasteiger partial charge >= 0.3 is 0 Å². The zero-order chi connectivity index (χ0) is 12.5. The van der Waals surface area contributed by atoms with Crippen molar-refractivity contribution in [2.45, 2.75) is 38.6 Å². The van der Waals surface area contributed by atoms with Gasteiger partial charge in [0.2, 0.25) is 0 Å². The molecule has 0 amide bonds. The van der Waals surface area contributed by atoms with E-state index in [2.05, 4.69) is 20.4 Å². The van der Waals surface area contributed by atoms with E-state index in [1.165, 1.54) is 29.8 Å². The van der Waals surface area contributed by atoms with Gasteiger partial charge in [0.1, 0.15) is 5.82 Å². The molecule has 0 spiro atoms. The predicted molar refractivity (Wildman–Crippen MR) is 67.6 cm³/mol. The quantitative estimate of drug-likeness (QED) is 0.786. The lowest BCUT2D eigenvalue weighted by molar-refractivity contribution is 0.507. The molecule has 3 heterocycles. The van der Waals surface area contributed by atoms with Gasteiger partial charge in [-0.3, -0.25) is 9.89 Å². The number of fused-ring (bicyclic) bond motifs is 1. The maximum atomic E-state index is 11.8. The molecule has 2 aromatic heterocycles. The number of nitrogens with one attached hydrogen (secondary N) is 2. The number of H-pyrrole nitrogens is 1. The van der Waals surface area contributed by atoms with E-state index in [1.807, 2.05) is 0 Å². The highest BCUT2D eigenvalue weighted by Gasteiger charge is 2.18. The highest BCUT2D eigenvalue weighted by molar-refractivity contribution is 5.28. The number of hydrogen-bond donors (Lipinski definition) is 2. The molecular weight excluding hydrogens is 230 g/mol. The lowest BCUT2D eigenvalue weighted by Gasteiger charge is -2.11. The summed E-state index contributed by atoms with van der Waals surface area (Å²) in [6.07, 6.45) is 4.69. The molecule has 18 heavy (non-hydrogen) atoms. The second-order valence-corrected chi connectivity index (χ2v) is 4.84. The second kappa shape index (κ2) is 4.53. The highest BCUT2D eigenvalue weighted by Crippen LogP contribution is 2.19. The zero-order valence-electron chi connectivity index (χ0n) is 10.4. The smallest absolute Gasteiger partial charge is 0.274 e. The van der Waals surface area contributed by atoms with Crippen LogP contribution < -0.4 is 10.9 Å². The van der Waals surface area contributed by atoms with Gasteiger partial charge in [-0.2, -0.15) is 9.50 Å². The lowest BCUT2D eigenvalue weighted by atomic mass is 10.1. The van der Waals surface area contributed by atoms with Crippen LogP contribution in [0.4, 0.5) is 0 Å². The summed E-state index contributed by atoms with van der Waals surface area (Å²) in [5, 5.41) is 6.51. The van der Waals surface area contributed by atoms with Crippen molar-refractivity contribution < 1.29 is 0 Å². The number of aromatic nitrogens is 4. The molecule has 1 saturated heterocycles. The third kappa shape index (κ3) is 2.03. The Hall–Kier alpha value is -1.69. The molecule has 0 aromatic carbocycles.